The van der Waals surface area contributed by atoms with Crippen molar-refractivity contribution in [1.29, 1.82) is 0 Å². The van der Waals surface area contributed by atoms with E-state index in [4.69, 9.17) is 20.5 Å². The smallest absolute Gasteiger partial charge is 0.217 e. The maximum Gasteiger partial charge on any atom is 0.217 e. The summed E-state index contributed by atoms with van der Waals surface area (Å²) in [6.07, 6.45) is 0. The molecular formula is C10H8N8O2. The topological polar surface area (TPSA) is 142 Å². The average molecular weight is 272 g/mol. The van der Waals surface area contributed by atoms with Gasteiger partial charge in [0.05, 0.1) is 19.7 Å². The number of methoxy groups -OCH3 is 2. The molecule has 0 aliphatic carbocycles. The van der Waals surface area contributed by atoms with Crippen molar-refractivity contribution < 1.29 is 9.47 Å². The van der Waals surface area contributed by atoms with Gasteiger partial charge in [0.2, 0.25) is 5.95 Å². The van der Waals surface area contributed by atoms with E-state index in [0.29, 0.717) is 22.4 Å². The summed E-state index contributed by atoms with van der Waals surface area (Å²) in [5.41, 5.74) is 17.4. The molecule has 0 unspecified atom stereocenters. The highest BCUT2D eigenvalue weighted by atomic mass is 16.5. The fraction of sp³-hybridized carbons (Fsp3) is 0.200. The molecule has 0 radical (unpaired) electrons. The Balaban J connectivity index is 2.85. The Hall–Kier alpha value is -3.22. The Morgan fingerprint density at radius 1 is 1.00 bits per heavy atom. The largest absolute Gasteiger partial charge is 0.493 e. The summed E-state index contributed by atoms with van der Waals surface area (Å²) in [4.78, 5) is 13.2. The average Bonchev–Trinajstić information content (AvgIpc) is 2.46. The van der Waals surface area contributed by atoms with E-state index in [1.54, 1.807) is 12.1 Å². The van der Waals surface area contributed by atoms with Crippen LogP contribution in [-0.2, 0) is 0 Å². The van der Waals surface area contributed by atoms with Crippen LogP contribution in [0.2, 0.25) is 0 Å². The lowest BCUT2D eigenvalue weighted by atomic mass is 10.2. The number of aromatic nitrogens is 2. The van der Waals surface area contributed by atoms with Gasteiger partial charge < -0.3 is 9.47 Å². The van der Waals surface area contributed by atoms with Crippen LogP contribution in [0, 0.1) is 0 Å². The lowest BCUT2D eigenvalue weighted by Crippen LogP contribution is -1.92. The SMILES string of the molecule is COc1cc2nc(N=[N+]=[N-])nc(N=[N+]=[N-])c2cc1OC. The first-order chi connectivity index (χ1) is 9.73. The summed E-state index contributed by atoms with van der Waals surface area (Å²) in [5, 5.41) is 7.22. The monoisotopic (exact) mass is 272 g/mol. The van der Waals surface area contributed by atoms with Crippen LogP contribution in [0.3, 0.4) is 0 Å². The Morgan fingerprint density at radius 2 is 1.65 bits per heavy atom. The Kier molecular flexibility index (Phi) is 3.71. The molecule has 0 saturated heterocycles. The second kappa shape index (κ2) is 5.61. The second-order valence-electron chi connectivity index (χ2n) is 3.45. The third-order valence-corrected chi connectivity index (χ3v) is 2.44. The van der Waals surface area contributed by atoms with E-state index in [-0.39, 0.29) is 11.8 Å². The first-order valence-corrected chi connectivity index (χ1v) is 5.27. The number of azide groups is 2. The fourth-order valence-electron chi connectivity index (χ4n) is 1.63. The molecule has 1 aromatic heterocycles. The molecule has 0 atom stereocenters. The number of fused-ring (bicyclic) bond motifs is 1. The maximum absolute atomic E-state index is 8.57. The van der Waals surface area contributed by atoms with Crippen LogP contribution < -0.4 is 9.47 Å². The van der Waals surface area contributed by atoms with Gasteiger partial charge in [0, 0.05) is 21.3 Å². The molecular weight excluding hydrogens is 264 g/mol. The minimum Gasteiger partial charge on any atom is -0.493 e. The number of hydrogen-bond acceptors (Lipinski definition) is 6. The number of hydrogen-bond donors (Lipinski definition) is 0. The van der Waals surface area contributed by atoms with Gasteiger partial charge in [-0.3, -0.25) is 0 Å². The van der Waals surface area contributed by atoms with E-state index in [1.165, 1.54) is 14.2 Å². The lowest BCUT2D eigenvalue weighted by molar-refractivity contribution is 0.356. The van der Waals surface area contributed by atoms with Crippen molar-refractivity contribution in [2.45, 2.75) is 0 Å². The summed E-state index contributed by atoms with van der Waals surface area (Å²) in [7, 11) is 2.96. The van der Waals surface area contributed by atoms with Crippen LogP contribution in [0.1, 0.15) is 0 Å². The highest BCUT2D eigenvalue weighted by molar-refractivity contribution is 5.91. The summed E-state index contributed by atoms with van der Waals surface area (Å²) in [6.45, 7) is 0. The molecule has 0 bridgehead atoms. The van der Waals surface area contributed by atoms with E-state index in [9.17, 15) is 0 Å². The zero-order valence-corrected chi connectivity index (χ0v) is 10.5. The van der Waals surface area contributed by atoms with Crippen molar-refractivity contribution in [3.63, 3.8) is 0 Å². The van der Waals surface area contributed by atoms with Crippen molar-refractivity contribution in [3.05, 3.63) is 33.0 Å². The highest BCUT2D eigenvalue weighted by Gasteiger charge is 2.11. The summed E-state index contributed by atoms with van der Waals surface area (Å²) >= 11 is 0. The van der Waals surface area contributed by atoms with E-state index >= 15 is 0 Å². The number of ether oxygens (including phenoxy) is 2. The molecule has 10 nitrogen and oxygen atoms in total. The summed E-state index contributed by atoms with van der Waals surface area (Å²) in [5.74, 6) is 0.780. The standard InChI is InChI=1S/C10H8N8O2/c1-19-7-3-5-6(4-8(7)20-2)13-10(16-18-12)14-9(5)15-17-11/h3-4H,1-2H3. The van der Waals surface area contributed by atoms with Gasteiger partial charge in [-0.25, -0.2) is 9.97 Å². The molecule has 0 N–H and O–H groups in total. The van der Waals surface area contributed by atoms with E-state index in [1.807, 2.05) is 0 Å². The second-order valence-corrected chi connectivity index (χ2v) is 3.45. The minimum atomic E-state index is -0.144. The molecule has 0 amide bonds. The molecule has 100 valence electrons. The van der Waals surface area contributed by atoms with Crippen molar-refractivity contribution in [3.8, 4) is 11.5 Å². The van der Waals surface area contributed by atoms with Gasteiger partial charge in [0.25, 0.3) is 0 Å². The molecule has 10 heteroatoms. The first-order valence-electron chi connectivity index (χ1n) is 5.27. The number of rotatable bonds is 4. The zero-order chi connectivity index (χ0) is 14.5. The van der Waals surface area contributed by atoms with Gasteiger partial charge in [0.15, 0.2) is 11.5 Å². The van der Waals surface area contributed by atoms with Crippen molar-refractivity contribution in [2.24, 2.45) is 10.2 Å². The number of nitrogens with zero attached hydrogens (tertiary/aromatic N) is 8. The molecule has 0 saturated carbocycles. The van der Waals surface area contributed by atoms with Crippen LogP contribution in [0.15, 0.2) is 22.4 Å². The van der Waals surface area contributed by atoms with Crippen LogP contribution >= 0.6 is 0 Å². The third-order valence-electron chi connectivity index (χ3n) is 2.44. The first kappa shape index (κ1) is 13.2. The molecule has 0 fully saturated rings. The third kappa shape index (κ3) is 2.32. The van der Waals surface area contributed by atoms with Gasteiger partial charge in [0.1, 0.15) is 5.82 Å². The normalized spacial score (nSPS) is 9.50. The lowest BCUT2D eigenvalue weighted by Gasteiger charge is -2.09. The van der Waals surface area contributed by atoms with Crippen LogP contribution in [0.25, 0.3) is 31.8 Å². The van der Waals surface area contributed by atoms with Crippen molar-refractivity contribution >= 4 is 22.7 Å². The molecule has 1 aromatic carbocycles. The highest BCUT2D eigenvalue weighted by Crippen LogP contribution is 2.35. The summed E-state index contributed by atoms with van der Waals surface area (Å²) < 4.78 is 10.3. The molecule has 2 aromatic rings. The van der Waals surface area contributed by atoms with Gasteiger partial charge in [-0.1, -0.05) is 0 Å². The maximum atomic E-state index is 8.57. The van der Waals surface area contributed by atoms with Crippen LogP contribution in [0.4, 0.5) is 11.8 Å². The molecule has 2 rings (SSSR count). The molecule has 0 spiro atoms. The van der Waals surface area contributed by atoms with Crippen molar-refractivity contribution in [1.82, 2.24) is 9.97 Å². The Bertz CT molecular complexity index is 761. The van der Waals surface area contributed by atoms with Crippen LogP contribution in [-0.4, -0.2) is 24.2 Å². The quantitative estimate of drug-likeness (QED) is 0.476. The minimum absolute atomic E-state index is 0.0425. The van der Waals surface area contributed by atoms with E-state index in [0.717, 1.165) is 0 Å². The van der Waals surface area contributed by atoms with Gasteiger partial charge in [-0.05, 0) is 27.4 Å². The van der Waals surface area contributed by atoms with E-state index < -0.39 is 0 Å². The Morgan fingerprint density at radius 3 is 2.25 bits per heavy atom. The van der Waals surface area contributed by atoms with Gasteiger partial charge in [-0.15, -0.1) is 0 Å². The molecule has 1 heterocycles. The zero-order valence-electron chi connectivity index (χ0n) is 10.5. The Labute approximate surface area is 112 Å². The van der Waals surface area contributed by atoms with Gasteiger partial charge in [-0.2, -0.15) is 0 Å². The molecule has 0 aliphatic heterocycles. The number of benzene rings is 1. The predicted octanol–water partition coefficient (Wildman–Crippen LogP) is 3.53. The fourth-order valence-corrected chi connectivity index (χ4v) is 1.63. The van der Waals surface area contributed by atoms with Crippen LogP contribution in [0.5, 0.6) is 11.5 Å². The van der Waals surface area contributed by atoms with E-state index in [2.05, 4.69) is 30.0 Å². The predicted molar refractivity (Wildman–Crippen MR) is 70.3 cm³/mol. The molecule has 20 heavy (non-hydrogen) atoms. The van der Waals surface area contributed by atoms with Crippen molar-refractivity contribution in [2.75, 3.05) is 14.2 Å². The summed E-state index contributed by atoms with van der Waals surface area (Å²) in [6, 6.07) is 3.15. The van der Waals surface area contributed by atoms with Gasteiger partial charge >= 0.3 is 0 Å². The molecule has 0 aliphatic rings.